The lowest BCUT2D eigenvalue weighted by Crippen LogP contribution is -2.55. The average Bonchev–Trinajstić information content (AvgIpc) is 3.25. The summed E-state index contributed by atoms with van der Waals surface area (Å²) in [5, 5.41) is 12.0. The van der Waals surface area contributed by atoms with Crippen molar-refractivity contribution in [1.29, 1.82) is 0 Å². The van der Waals surface area contributed by atoms with Crippen LogP contribution in [0.3, 0.4) is 0 Å². The minimum absolute atomic E-state index is 0.0636. The second-order valence-corrected chi connectivity index (χ2v) is 8.19. The molecule has 1 aliphatic heterocycles. The Morgan fingerprint density at radius 1 is 1.21 bits per heavy atom. The molecule has 2 heterocycles. The van der Waals surface area contributed by atoms with E-state index in [-0.39, 0.29) is 25.5 Å². The zero-order valence-corrected chi connectivity index (χ0v) is 18.7. The van der Waals surface area contributed by atoms with E-state index in [0.29, 0.717) is 13.0 Å². The summed E-state index contributed by atoms with van der Waals surface area (Å²) in [7, 11) is 0. The maximum Gasteiger partial charge on any atom is 0.408 e. The fourth-order valence-corrected chi connectivity index (χ4v) is 3.54. The SMILES string of the molecule is CC(C)C(NC(=O)OCc1ccccc1)C(=O)NC1CCc2ccnn2CCNC(=O)C1=O. The van der Waals surface area contributed by atoms with Crippen LogP contribution in [0.15, 0.2) is 42.6 Å². The molecule has 10 nitrogen and oxygen atoms in total. The fourth-order valence-electron chi connectivity index (χ4n) is 3.54. The van der Waals surface area contributed by atoms with Gasteiger partial charge in [0.05, 0.1) is 12.6 Å². The van der Waals surface area contributed by atoms with Crippen LogP contribution < -0.4 is 16.0 Å². The molecule has 1 aromatic carbocycles. The molecule has 33 heavy (non-hydrogen) atoms. The molecule has 0 fully saturated rings. The van der Waals surface area contributed by atoms with Gasteiger partial charge in [-0.25, -0.2) is 4.79 Å². The molecule has 2 unspecified atom stereocenters. The van der Waals surface area contributed by atoms with E-state index in [9.17, 15) is 19.2 Å². The van der Waals surface area contributed by atoms with Crippen molar-refractivity contribution in [3.63, 3.8) is 0 Å². The monoisotopic (exact) mass is 455 g/mol. The van der Waals surface area contributed by atoms with E-state index >= 15 is 0 Å². The highest BCUT2D eigenvalue weighted by atomic mass is 16.5. The highest BCUT2D eigenvalue weighted by molar-refractivity contribution is 6.38. The summed E-state index contributed by atoms with van der Waals surface area (Å²) in [4.78, 5) is 50.2. The first-order valence-corrected chi connectivity index (χ1v) is 11.0. The zero-order valence-electron chi connectivity index (χ0n) is 18.7. The number of ether oxygens (including phenoxy) is 1. The van der Waals surface area contributed by atoms with Crippen LogP contribution in [0.25, 0.3) is 0 Å². The molecule has 3 amide bonds. The van der Waals surface area contributed by atoms with E-state index in [1.165, 1.54) is 0 Å². The maximum absolute atomic E-state index is 13.0. The Bertz CT molecular complexity index is 988. The van der Waals surface area contributed by atoms with Crippen molar-refractivity contribution in [2.24, 2.45) is 5.92 Å². The summed E-state index contributed by atoms with van der Waals surface area (Å²) in [5.41, 5.74) is 1.72. The number of aromatic nitrogens is 2. The molecule has 3 rings (SSSR count). The smallest absolute Gasteiger partial charge is 0.408 e. The van der Waals surface area contributed by atoms with Crippen LogP contribution >= 0.6 is 0 Å². The third-order valence-electron chi connectivity index (χ3n) is 5.39. The first kappa shape index (κ1) is 24.0. The molecule has 0 aliphatic carbocycles. The van der Waals surface area contributed by atoms with Gasteiger partial charge in [-0.2, -0.15) is 5.10 Å². The highest BCUT2D eigenvalue weighted by Crippen LogP contribution is 2.10. The Kier molecular flexibility index (Phi) is 8.17. The lowest BCUT2D eigenvalue weighted by molar-refractivity contribution is -0.140. The summed E-state index contributed by atoms with van der Waals surface area (Å²) in [5.74, 6) is -2.31. The Morgan fingerprint density at radius 2 is 1.97 bits per heavy atom. The number of benzene rings is 1. The Labute approximate surface area is 192 Å². The number of Topliss-reactive ketones (excluding diaryl/α,β-unsaturated/α-hetero) is 1. The molecule has 0 radical (unpaired) electrons. The van der Waals surface area contributed by atoms with Crippen LogP contribution in [0.4, 0.5) is 4.79 Å². The summed E-state index contributed by atoms with van der Waals surface area (Å²) < 4.78 is 6.97. The lowest BCUT2D eigenvalue weighted by Gasteiger charge is -2.25. The van der Waals surface area contributed by atoms with Crippen molar-refractivity contribution in [3.8, 4) is 0 Å². The van der Waals surface area contributed by atoms with E-state index in [1.54, 1.807) is 24.7 Å². The third-order valence-corrected chi connectivity index (χ3v) is 5.39. The van der Waals surface area contributed by atoms with Crippen molar-refractivity contribution >= 4 is 23.7 Å². The van der Waals surface area contributed by atoms with Crippen molar-refractivity contribution in [2.45, 2.75) is 51.9 Å². The van der Waals surface area contributed by atoms with E-state index in [2.05, 4.69) is 21.0 Å². The van der Waals surface area contributed by atoms with Gasteiger partial charge in [0, 0.05) is 18.4 Å². The number of alkyl carbamates (subject to hydrolysis) is 1. The van der Waals surface area contributed by atoms with Gasteiger partial charge in [-0.3, -0.25) is 19.1 Å². The van der Waals surface area contributed by atoms with E-state index in [1.807, 2.05) is 36.4 Å². The molecule has 0 saturated heterocycles. The molecule has 2 atom stereocenters. The number of hydrogen-bond donors (Lipinski definition) is 3. The van der Waals surface area contributed by atoms with Crippen LogP contribution in [0, 0.1) is 5.92 Å². The number of nitrogens with zero attached hydrogens (tertiary/aromatic N) is 2. The molecular formula is C23H29N5O5. The van der Waals surface area contributed by atoms with Crippen LogP contribution in [0.5, 0.6) is 0 Å². The van der Waals surface area contributed by atoms with Gasteiger partial charge in [0.15, 0.2) is 0 Å². The number of rotatable bonds is 6. The van der Waals surface area contributed by atoms with Gasteiger partial charge >= 0.3 is 6.09 Å². The standard InChI is InChI=1S/C23H29N5O5/c1-15(2)19(27-23(32)33-14-16-6-4-3-5-7-16)21(30)26-18-9-8-17-10-11-25-28(17)13-12-24-22(31)20(18)29/h3-7,10-11,15,18-19H,8-9,12-14H2,1-2H3,(H,24,31)(H,26,30)(H,27,32). The quantitative estimate of drug-likeness (QED) is 0.556. The van der Waals surface area contributed by atoms with Gasteiger partial charge in [-0.05, 0) is 30.4 Å². The molecule has 176 valence electrons. The molecule has 10 heteroatoms. The predicted octanol–water partition coefficient (Wildman–Crippen LogP) is 0.950. The number of aryl methyl sites for hydroxylation is 1. The largest absolute Gasteiger partial charge is 0.445 e. The summed E-state index contributed by atoms with van der Waals surface area (Å²) in [6, 6.07) is 9.04. The number of hydrogen-bond acceptors (Lipinski definition) is 6. The Hall–Kier alpha value is -3.69. The molecule has 0 bridgehead atoms. The minimum atomic E-state index is -1.03. The average molecular weight is 456 g/mol. The zero-order chi connectivity index (χ0) is 23.8. The first-order chi connectivity index (χ1) is 15.8. The van der Waals surface area contributed by atoms with Crippen molar-refractivity contribution < 1.29 is 23.9 Å². The number of amides is 3. The minimum Gasteiger partial charge on any atom is -0.445 e. The second kappa shape index (κ2) is 11.3. The van der Waals surface area contributed by atoms with E-state index in [4.69, 9.17) is 4.74 Å². The Balaban J connectivity index is 1.64. The molecule has 3 N–H and O–H groups in total. The third kappa shape index (κ3) is 6.64. The van der Waals surface area contributed by atoms with Crippen LogP contribution in [-0.2, 0) is 38.7 Å². The topological polar surface area (TPSA) is 131 Å². The van der Waals surface area contributed by atoms with Gasteiger partial charge in [0.25, 0.3) is 5.91 Å². The van der Waals surface area contributed by atoms with Crippen molar-refractivity contribution in [3.05, 3.63) is 53.9 Å². The summed E-state index contributed by atoms with van der Waals surface area (Å²) in [6.45, 7) is 4.31. The van der Waals surface area contributed by atoms with Gasteiger partial charge in [0.2, 0.25) is 11.7 Å². The number of ketones is 1. The first-order valence-electron chi connectivity index (χ1n) is 11.0. The normalized spacial score (nSPS) is 17.5. The van der Waals surface area contributed by atoms with Crippen LogP contribution in [0.1, 0.15) is 31.5 Å². The van der Waals surface area contributed by atoms with Crippen LogP contribution in [-0.4, -0.2) is 52.1 Å². The summed E-state index contributed by atoms with van der Waals surface area (Å²) in [6.07, 6.45) is 1.60. The summed E-state index contributed by atoms with van der Waals surface area (Å²) >= 11 is 0. The molecular weight excluding hydrogens is 426 g/mol. The van der Waals surface area contributed by atoms with Gasteiger partial charge < -0.3 is 20.7 Å². The highest BCUT2D eigenvalue weighted by Gasteiger charge is 2.32. The number of nitrogens with one attached hydrogen (secondary N) is 3. The van der Waals surface area contributed by atoms with Gasteiger partial charge in [-0.15, -0.1) is 0 Å². The number of carbonyl (C=O) groups is 4. The van der Waals surface area contributed by atoms with Crippen molar-refractivity contribution in [1.82, 2.24) is 25.7 Å². The van der Waals surface area contributed by atoms with Crippen LogP contribution in [0.2, 0.25) is 0 Å². The fraction of sp³-hybridized carbons (Fsp3) is 0.435. The predicted molar refractivity (Wildman–Crippen MR) is 119 cm³/mol. The number of carbonyl (C=O) groups excluding carboxylic acids is 4. The van der Waals surface area contributed by atoms with Crippen molar-refractivity contribution in [2.75, 3.05) is 6.54 Å². The molecule has 0 saturated carbocycles. The molecule has 0 spiro atoms. The maximum atomic E-state index is 13.0. The molecule has 1 aromatic heterocycles. The number of fused-ring (bicyclic) bond motifs is 1. The lowest BCUT2D eigenvalue weighted by atomic mass is 10.00. The van der Waals surface area contributed by atoms with E-state index < -0.39 is 35.8 Å². The molecule has 1 aliphatic rings. The van der Waals surface area contributed by atoms with Gasteiger partial charge in [-0.1, -0.05) is 44.2 Å². The second-order valence-electron chi connectivity index (χ2n) is 8.19. The van der Waals surface area contributed by atoms with Gasteiger partial charge in [0.1, 0.15) is 12.6 Å². The van der Waals surface area contributed by atoms with E-state index in [0.717, 1.165) is 11.3 Å². The molecule has 2 aromatic rings. The Morgan fingerprint density at radius 3 is 2.70 bits per heavy atom.